The summed E-state index contributed by atoms with van der Waals surface area (Å²) in [5, 5.41) is 9.00. The zero-order valence-electron chi connectivity index (χ0n) is 7.04. The first-order valence-corrected chi connectivity index (χ1v) is 5.54. The third kappa shape index (κ3) is 3.63. The highest BCUT2D eigenvalue weighted by Gasteiger charge is 2.03. The molecule has 1 rings (SSSR count). The van der Waals surface area contributed by atoms with Crippen molar-refractivity contribution >= 4 is 33.7 Å². The average Bonchev–Trinajstić information content (AvgIpc) is 2.10. The van der Waals surface area contributed by atoms with Gasteiger partial charge in [0.15, 0.2) is 5.82 Å². The molecule has 0 aliphatic carbocycles. The Morgan fingerprint density at radius 3 is 2.93 bits per heavy atom. The second-order valence-electron chi connectivity index (χ2n) is 2.41. The molecule has 0 unspecified atom stereocenters. The molecule has 0 saturated carbocycles. The summed E-state index contributed by atoms with van der Waals surface area (Å²) in [5.74, 6) is -0.841. The summed E-state index contributed by atoms with van der Waals surface area (Å²) in [6, 6.07) is 2.81. The quantitative estimate of drug-likeness (QED) is 0.680. The zero-order valence-corrected chi connectivity index (χ0v) is 9.44. The van der Waals surface area contributed by atoms with Crippen molar-refractivity contribution in [1.29, 1.82) is 0 Å². The molecule has 0 aliphatic heterocycles. The summed E-state index contributed by atoms with van der Waals surface area (Å²) >= 11 is 4.23. The summed E-state index contributed by atoms with van der Waals surface area (Å²) in [5.41, 5.74) is 0. The Kier molecular flexibility index (Phi) is 4.34. The van der Waals surface area contributed by atoms with Gasteiger partial charge in [0.25, 0.3) is 0 Å². The van der Waals surface area contributed by atoms with Crippen LogP contribution in [0.5, 0.6) is 0 Å². The van der Waals surface area contributed by atoms with Gasteiger partial charge in [0, 0.05) is 5.75 Å². The molecule has 1 N–H and O–H groups in total. The van der Waals surface area contributed by atoms with Gasteiger partial charge in [-0.3, -0.25) is 4.79 Å². The smallest absolute Gasteiger partial charge is 0.304 e. The lowest BCUT2D eigenvalue weighted by atomic mass is 10.5. The number of nitrogens with zero attached hydrogens (tertiary/aromatic N) is 1. The topological polar surface area (TPSA) is 50.2 Å². The van der Waals surface area contributed by atoms with Gasteiger partial charge in [0.2, 0.25) is 0 Å². The van der Waals surface area contributed by atoms with Crippen molar-refractivity contribution in [3.8, 4) is 0 Å². The van der Waals surface area contributed by atoms with Crippen molar-refractivity contribution in [1.82, 2.24) is 4.98 Å². The van der Waals surface area contributed by atoms with Crippen LogP contribution in [0.3, 0.4) is 0 Å². The van der Waals surface area contributed by atoms with Crippen molar-refractivity contribution in [2.75, 3.05) is 5.75 Å². The SMILES string of the molecule is O=C(O)CCSc1ccc(F)c(Br)n1. The van der Waals surface area contributed by atoms with Crippen LogP contribution in [0.25, 0.3) is 0 Å². The molecule has 0 aromatic carbocycles. The number of halogens is 2. The molecule has 0 spiro atoms. The Balaban J connectivity index is 2.51. The van der Waals surface area contributed by atoms with Gasteiger partial charge in [-0.25, -0.2) is 9.37 Å². The van der Waals surface area contributed by atoms with E-state index in [0.29, 0.717) is 10.8 Å². The number of thioether (sulfide) groups is 1. The second-order valence-corrected chi connectivity index (χ2v) is 4.28. The van der Waals surface area contributed by atoms with Crippen LogP contribution < -0.4 is 0 Å². The van der Waals surface area contributed by atoms with Crippen LogP contribution in [-0.2, 0) is 4.79 Å². The van der Waals surface area contributed by atoms with E-state index in [9.17, 15) is 9.18 Å². The molecule has 0 atom stereocenters. The molecule has 1 heterocycles. The molecule has 0 radical (unpaired) electrons. The molecular weight excluding hydrogens is 273 g/mol. The van der Waals surface area contributed by atoms with Gasteiger partial charge < -0.3 is 5.11 Å². The van der Waals surface area contributed by atoms with Crippen molar-refractivity contribution < 1.29 is 14.3 Å². The first-order valence-electron chi connectivity index (χ1n) is 3.76. The number of rotatable bonds is 4. The lowest BCUT2D eigenvalue weighted by Gasteiger charge is -1.99. The van der Waals surface area contributed by atoms with E-state index >= 15 is 0 Å². The van der Waals surface area contributed by atoms with Crippen LogP contribution in [-0.4, -0.2) is 21.8 Å². The van der Waals surface area contributed by atoms with E-state index in [0.717, 1.165) is 0 Å². The minimum atomic E-state index is -0.848. The van der Waals surface area contributed by atoms with E-state index < -0.39 is 11.8 Å². The molecule has 1 aromatic rings. The number of carboxylic acid groups (broad SMARTS) is 1. The standard InChI is InChI=1S/C8H7BrFNO2S/c9-8-5(10)1-2-6(11-8)14-4-3-7(12)13/h1-2H,3-4H2,(H,12,13). The van der Waals surface area contributed by atoms with E-state index in [1.54, 1.807) is 0 Å². The molecule has 1 aromatic heterocycles. The van der Waals surface area contributed by atoms with E-state index in [2.05, 4.69) is 20.9 Å². The molecule has 0 saturated heterocycles. The fourth-order valence-corrected chi connectivity index (χ4v) is 1.97. The summed E-state index contributed by atoms with van der Waals surface area (Å²) in [6.45, 7) is 0. The Labute approximate surface area is 92.9 Å². The van der Waals surface area contributed by atoms with Crippen molar-refractivity contribution in [3.05, 3.63) is 22.6 Å². The number of carbonyl (C=O) groups is 1. The average molecular weight is 280 g/mol. The Hall–Kier alpha value is -0.620. The third-order valence-electron chi connectivity index (χ3n) is 1.34. The van der Waals surface area contributed by atoms with Crippen molar-refractivity contribution in [2.24, 2.45) is 0 Å². The Bertz CT molecular complexity index is 348. The maximum absolute atomic E-state index is 12.7. The molecule has 0 aliphatic rings. The number of carboxylic acids is 1. The van der Waals surface area contributed by atoms with Crippen LogP contribution in [0.2, 0.25) is 0 Å². The summed E-state index contributed by atoms with van der Waals surface area (Å²) in [4.78, 5) is 14.1. The maximum Gasteiger partial charge on any atom is 0.304 e. The second kappa shape index (κ2) is 5.31. The predicted molar refractivity (Wildman–Crippen MR) is 54.9 cm³/mol. The van der Waals surface area contributed by atoms with E-state index in [1.165, 1.54) is 23.9 Å². The molecule has 6 heteroatoms. The summed E-state index contributed by atoms with van der Waals surface area (Å²) in [7, 11) is 0. The van der Waals surface area contributed by atoms with E-state index in [1.807, 2.05) is 0 Å². The van der Waals surface area contributed by atoms with Crippen LogP contribution in [0.4, 0.5) is 4.39 Å². The molecule has 0 bridgehead atoms. The monoisotopic (exact) mass is 279 g/mol. The molecule has 0 fully saturated rings. The van der Waals surface area contributed by atoms with Crippen molar-refractivity contribution in [2.45, 2.75) is 11.4 Å². The van der Waals surface area contributed by atoms with Gasteiger partial charge >= 0.3 is 5.97 Å². The number of hydrogen-bond acceptors (Lipinski definition) is 3. The first-order chi connectivity index (χ1) is 6.59. The van der Waals surface area contributed by atoms with Gasteiger partial charge in [-0.1, -0.05) is 0 Å². The van der Waals surface area contributed by atoms with E-state index in [-0.39, 0.29) is 11.0 Å². The fraction of sp³-hybridized carbons (Fsp3) is 0.250. The van der Waals surface area contributed by atoms with Gasteiger partial charge in [0.05, 0.1) is 11.4 Å². The van der Waals surface area contributed by atoms with Crippen LogP contribution in [0.1, 0.15) is 6.42 Å². The van der Waals surface area contributed by atoms with Gasteiger partial charge in [-0.15, -0.1) is 11.8 Å². The number of pyridine rings is 1. The third-order valence-corrected chi connectivity index (χ3v) is 2.83. The van der Waals surface area contributed by atoms with E-state index in [4.69, 9.17) is 5.11 Å². The molecule has 14 heavy (non-hydrogen) atoms. The van der Waals surface area contributed by atoms with Gasteiger partial charge in [-0.05, 0) is 28.1 Å². The minimum Gasteiger partial charge on any atom is -0.481 e. The highest BCUT2D eigenvalue weighted by atomic mass is 79.9. The molecule has 3 nitrogen and oxygen atoms in total. The largest absolute Gasteiger partial charge is 0.481 e. The number of aromatic nitrogens is 1. The van der Waals surface area contributed by atoms with Gasteiger partial charge in [-0.2, -0.15) is 0 Å². The predicted octanol–water partition coefficient (Wildman–Crippen LogP) is 2.55. The highest BCUT2D eigenvalue weighted by Crippen LogP contribution is 2.20. The highest BCUT2D eigenvalue weighted by molar-refractivity contribution is 9.10. The normalized spacial score (nSPS) is 10.1. The summed E-state index contributed by atoms with van der Waals surface area (Å²) < 4.78 is 12.9. The zero-order chi connectivity index (χ0) is 10.6. The first kappa shape index (κ1) is 11.5. The minimum absolute atomic E-state index is 0.0708. The number of aliphatic carboxylic acids is 1. The maximum atomic E-state index is 12.7. The lowest BCUT2D eigenvalue weighted by molar-refractivity contribution is -0.136. The molecule has 76 valence electrons. The Morgan fingerprint density at radius 2 is 2.36 bits per heavy atom. The fourth-order valence-electron chi connectivity index (χ4n) is 0.724. The Morgan fingerprint density at radius 1 is 1.64 bits per heavy atom. The van der Waals surface area contributed by atoms with Crippen LogP contribution >= 0.6 is 27.7 Å². The van der Waals surface area contributed by atoms with Crippen molar-refractivity contribution in [3.63, 3.8) is 0 Å². The van der Waals surface area contributed by atoms with Crippen LogP contribution in [0.15, 0.2) is 21.8 Å². The summed E-state index contributed by atoms with van der Waals surface area (Å²) in [6.07, 6.45) is 0.0708. The van der Waals surface area contributed by atoms with Gasteiger partial charge in [0.1, 0.15) is 4.60 Å². The molecular formula is C8H7BrFNO2S. The number of hydrogen-bond donors (Lipinski definition) is 1. The molecule has 0 amide bonds. The lowest BCUT2D eigenvalue weighted by Crippen LogP contribution is -1.96. The van der Waals surface area contributed by atoms with Crippen LogP contribution in [0, 0.1) is 5.82 Å².